The fourth-order valence-electron chi connectivity index (χ4n) is 8.43. The molecule has 8 aromatic rings. The maximum atomic E-state index is 2.46. The fraction of sp³-hybridized carbons (Fsp3) is 0.132. The molecular formula is C53H45N. The van der Waals surface area contributed by atoms with Gasteiger partial charge in [-0.05, 0) is 108 Å². The predicted molar refractivity (Wildman–Crippen MR) is 231 cm³/mol. The van der Waals surface area contributed by atoms with Gasteiger partial charge in [0.1, 0.15) is 0 Å². The minimum atomic E-state index is -0.113. The lowest BCUT2D eigenvalue weighted by atomic mass is 9.79. The van der Waals surface area contributed by atoms with Gasteiger partial charge < -0.3 is 4.90 Å². The Morgan fingerprint density at radius 3 is 1.83 bits per heavy atom. The summed E-state index contributed by atoms with van der Waals surface area (Å²) in [5.74, 6) is 0. The van der Waals surface area contributed by atoms with E-state index in [1.807, 2.05) is 0 Å². The Bertz CT molecular complexity index is 2660. The largest absolute Gasteiger partial charge is 0.310 e. The molecule has 0 atom stereocenters. The highest BCUT2D eigenvalue weighted by molar-refractivity contribution is 5.98. The minimum Gasteiger partial charge on any atom is -0.310 e. The van der Waals surface area contributed by atoms with Crippen LogP contribution in [0.2, 0.25) is 0 Å². The molecule has 0 unspecified atom stereocenters. The molecule has 1 nitrogen and oxygen atoms in total. The summed E-state index contributed by atoms with van der Waals surface area (Å²) in [6, 6.07) is 67.1. The monoisotopic (exact) mass is 695 g/mol. The molecular weight excluding hydrogens is 651 g/mol. The number of rotatable bonds is 6. The number of hydrogen-bond donors (Lipinski definition) is 0. The molecule has 0 N–H and O–H groups in total. The topological polar surface area (TPSA) is 3.24 Å². The second kappa shape index (κ2) is 13.0. The SMILES string of the molecule is CC(C)(C)c1ccc2c(c1)C(C)(C)c1cccc(-c3ccccc3N(c3ccc(-c4ccccc4)cc3)c3cccc(-c4ccc5ccccc5c4)c3)c1-2. The van der Waals surface area contributed by atoms with E-state index in [-0.39, 0.29) is 10.8 Å². The molecule has 0 fully saturated rings. The van der Waals surface area contributed by atoms with Crippen molar-refractivity contribution >= 4 is 27.8 Å². The summed E-state index contributed by atoms with van der Waals surface area (Å²) in [7, 11) is 0. The lowest BCUT2D eigenvalue weighted by Crippen LogP contribution is -2.17. The summed E-state index contributed by atoms with van der Waals surface area (Å²) >= 11 is 0. The van der Waals surface area contributed by atoms with E-state index in [1.165, 1.54) is 72.0 Å². The summed E-state index contributed by atoms with van der Waals surface area (Å²) in [5.41, 5.74) is 17.5. The summed E-state index contributed by atoms with van der Waals surface area (Å²) in [4.78, 5) is 2.44. The third-order valence-electron chi connectivity index (χ3n) is 11.4. The summed E-state index contributed by atoms with van der Waals surface area (Å²) in [6.45, 7) is 11.7. The second-order valence-electron chi connectivity index (χ2n) is 16.2. The van der Waals surface area contributed by atoms with E-state index in [1.54, 1.807) is 0 Å². The van der Waals surface area contributed by atoms with Crippen LogP contribution in [-0.4, -0.2) is 0 Å². The standard InChI is InChI=1S/C53H45N/c1-52(2,3)42-29-32-47-49(35-42)53(4,5)48-23-14-22-46(51(47)48)45-21-11-12-24-50(45)54(43-30-27-38(28-31-43)36-15-7-6-8-16-36)44-20-13-19-40(34-44)41-26-25-37-17-9-10-18-39(37)33-41/h6-35H,1-5H3. The van der Waals surface area contributed by atoms with Crippen molar-refractivity contribution in [3.05, 3.63) is 199 Å². The first-order chi connectivity index (χ1) is 26.2. The van der Waals surface area contributed by atoms with Crippen molar-refractivity contribution in [3.8, 4) is 44.5 Å². The molecule has 8 aromatic carbocycles. The molecule has 0 saturated carbocycles. The fourth-order valence-corrected chi connectivity index (χ4v) is 8.43. The van der Waals surface area contributed by atoms with Crippen LogP contribution in [-0.2, 0) is 10.8 Å². The second-order valence-corrected chi connectivity index (χ2v) is 16.2. The molecule has 54 heavy (non-hydrogen) atoms. The third kappa shape index (κ3) is 5.81. The van der Waals surface area contributed by atoms with Gasteiger partial charge in [0.25, 0.3) is 0 Å². The van der Waals surface area contributed by atoms with Crippen LogP contribution in [0.5, 0.6) is 0 Å². The van der Waals surface area contributed by atoms with Gasteiger partial charge in [0.05, 0.1) is 5.69 Å². The number of anilines is 3. The van der Waals surface area contributed by atoms with Crippen LogP contribution >= 0.6 is 0 Å². The Balaban J connectivity index is 1.23. The van der Waals surface area contributed by atoms with Crippen molar-refractivity contribution in [3.63, 3.8) is 0 Å². The average Bonchev–Trinajstić information content (AvgIpc) is 3.44. The first-order valence-corrected chi connectivity index (χ1v) is 19.1. The molecule has 0 bridgehead atoms. The van der Waals surface area contributed by atoms with Gasteiger partial charge in [-0.1, -0.05) is 180 Å². The first-order valence-electron chi connectivity index (χ1n) is 19.1. The molecule has 0 radical (unpaired) electrons. The average molecular weight is 696 g/mol. The molecule has 1 heteroatoms. The number of hydrogen-bond acceptors (Lipinski definition) is 1. The van der Waals surface area contributed by atoms with Gasteiger partial charge in [-0.25, -0.2) is 0 Å². The predicted octanol–water partition coefficient (Wildman–Crippen LogP) is 14.9. The molecule has 1 aliphatic carbocycles. The van der Waals surface area contributed by atoms with E-state index in [4.69, 9.17) is 0 Å². The van der Waals surface area contributed by atoms with Crippen LogP contribution in [0.25, 0.3) is 55.3 Å². The molecule has 9 rings (SSSR count). The van der Waals surface area contributed by atoms with Crippen LogP contribution in [0, 0.1) is 0 Å². The Morgan fingerprint density at radius 1 is 0.407 bits per heavy atom. The zero-order chi connectivity index (χ0) is 37.0. The Hall–Kier alpha value is -6.18. The maximum absolute atomic E-state index is 2.46. The Labute approximate surface area is 320 Å². The number of para-hydroxylation sites is 1. The molecule has 0 spiro atoms. The van der Waals surface area contributed by atoms with Crippen LogP contribution in [0.1, 0.15) is 51.3 Å². The van der Waals surface area contributed by atoms with Gasteiger partial charge in [-0.15, -0.1) is 0 Å². The number of fused-ring (bicyclic) bond motifs is 4. The van der Waals surface area contributed by atoms with Gasteiger partial charge in [-0.2, -0.15) is 0 Å². The van der Waals surface area contributed by atoms with Crippen molar-refractivity contribution in [2.75, 3.05) is 4.90 Å². The minimum absolute atomic E-state index is 0.0766. The first kappa shape index (κ1) is 33.6. The van der Waals surface area contributed by atoms with E-state index in [2.05, 4.69) is 222 Å². The zero-order valence-corrected chi connectivity index (χ0v) is 31.8. The third-order valence-corrected chi connectivity index (χ3v) is 11.4. The molecule has 0 amide bonds. The molecule has 0 heterocycles. The van der Waals surface area contributed by atoms with E-state index >= 15 is 0 Å². The van der Waals surface area contributed by atoms with Crippen LogP contribution in [0.15, 0.2) is 182 Å². The normalized spacial score (nSPS) is 13.1. The van der Waals surface area contributed by atoms with E-state index in [0.717, 1.165) is 17.1 Å². The van der Waals surface area contributed by atoms with Crippen molar-refractivity contribution in [2.24, 2.45) is 0 Å². The van der Waals surface area contributed by atoms with Crippen LogP contribution in [0.4, 0.5) is 17.1 Å². The molecule has 1 aliphatic rings. The van der Waals surface area contributed by atoms with Crippen molar-refractivity contribution in [2.45, 2.75) is 45.4 Å². The summed E-state index contributed by atoms with van der Waals surface area (Å²) < 4.78 is 0. The van der Waals surface area contributed by atoms with E-state index in [9.17, 15) is 0 Å². The quantitative estimate of drug-likeness (QED) is 0.167. The van der Waals surface area contributed by atoms with Crippen molar-refractivity contribution in [1.29, 1.82) is 0 Å². The van der Waals surface area contributed by atoms with Gasteiger partial charge >= 0.3 is 0 Å². The molecule has 0 aliphatic heterocycles. The maximum Gasteiger partial charge on any atom is 0.0540 e. The van der Waals surface area contributed by atoms with Crippen molar-refractivity contribution in [1.82, 2.24) is 0 Å². The highest BCUT2D eigenvalue weighted by Crippen LogP contribution is 2.54. The lowest BCUT2D eigenvalue weighted by molar-refractivity contribution is 0.584. The van der Waals surface area contributed by atoms with Crippen LogP contribution in [0.3, 0.4) is 0 Å². The van der Waals surface area contributed by atoms with E-state index in [0.29, 0.717) is 0 Å². The van der Waals surface area contributed by atoms with Gasteiger partial charge in [0.15, 0.2) is 0 Å². The number of nitrogens with zero attached hydrogens (tertiary/aromatic N) is 1. The number of benzene rings is 8. The van der Waals surface area contributed by atoms with Gasteiger partial charge in [-0.3, -0.25) is 0 Å². The van der Waals surface area contributed by atoms with Crippen molar-refractivity contribution < 1.29 is 0 Å². The summed E-state index contributed by atoms with van der Waals surface area (Å²) in [5, 5.41) is 2.50. The zero-order valence-electron chi connectivity index (χ0n) is 31.8. The molecule has 262 valence electrons. The lowest BCUT2D eigenvalue weighted by Gasteiger charge is -2.29. The van der Waals surface area contributed by atoms with E-state index < -0.39 is 0 Å². The van der Waals surface area contributed by atoms with Gasteiger partial charge in [0, 0.05) is 22.4 Å². The Kier molecular flexibility index (Phi) is 8.12. The van der Waals surface area contributed by atoms with Gasteiger partial charge in [0.2, 0.25) is 0 Å². The smallest absolute Gasteiger partial charge is 0.0540 e. The molecule has 0 aromatic heterocycles. The Morgan fingerprint density at radius 2 is 1.04 bits per heavy atom. The highest BCUT2D eigenvalue weighted by atomic mass is 15.1. The molecule has 0 saturated heterocycles. The summed E-state index contributed by atoms with van der Waals surface area (Å²) in [6.07, 6.45) is 0. The highest BCUT2D eigenvalue weighted by Gasteiger charge is 2.38. The van der Waals surface area contributed by atoms with Crippen LogP contribution < -0.4 is 4.90 Å².